The van der Waals surface area contributed by atoms with Gasteiger partial charge in [0, 0.05) is 33.9 Å². The molecule has 3 nitrogen and oxygen atoms in total. The highest BCUT2D eigenvalue weighted by atomic mass is 16.3. The van der Waals surface area contributed by atoms with Crippen LogP contribution in [0.5, 0.6) is 0 Å². The van der Waals surface area contributed by atoms with E-state index in [1.165, 1.54) is 28.7 Å². The van der Waals surface area contributed by atoms with Gasteiger partial charge in [-0.05, 0) is 65.5 Å². The Morgan fingerprint density at radius 2 is 1.50 bits per heavy atom. The Morgan fingerprint density at radius 3 is 2.16 bits per heavy atom. The summed E-state index contributed by atoms with van der Waals surface area (Å²) in [5, 5.41) is 12.5. The van der Waals surface area contributed by atoms with Gasteiger partial charge in [-0.25, -0.2) is 4.57 Å². The van der Waals surface area contributed by atoms with Crippen LogP contribution in [0.1, 0.15) is 71.1 Å². The number of pyridine rings is 1. The molecule has 0 saturated carbocycles. The highest BCUT2D eigenvalue weighted by molar-refractivity contribution is 6.13. The average Bonchev–Trinajstić information content (AvgIpc) is 3.37. The zero-order valence-corrected chi connectivity index (χ0v) is 23.9. The molecule has 6 rings (SSSR count). The normalized spacial score (nSPS) is 19.5. The number of allylic oxidation sites excluding steroid dienone is 4. The Morgan fingerprint density at radius 1 is 0.842 bits per heavy atom. The number of rotatable bonds is 2. The Balaban J connectivity index is 1.69. The lowest BCUT2D eigenvalue weighted by Gasteiger charge is -2.46. The van der Waals surface area contributed by atoms with Crippen LogP contribution in [-0.4, -0.2) is 0 Å². The fourth-order valence-corrected chi connectivity index (χ4v) is 7.35. The first kappa shape index (κ1) is 24.7. The Labute approximate surface area is 226 Å². The summed E-state index contributed by atoms with van der Waals surface area (Å²) < 4.78 is 9.03. The van der Waals surface area contributed by atoms with Crippen molar-refractivity contribution in [3.05, 3.63) is 82.6 Å². The summed E-state index contributed by atoms with van der Waals surface area (Å²) >= 11 is 0. The first-order chi connectivity index (χ1) is 17.9. The van der Waals surface area contributed by atoms with E-state index in [9.17, 15) is 5.26 Å². The third kappa shape index (κ3) is 3.29. The molecule has 0 amide bonds. The third-order valence-electron chi connectivity index (χ3n) is 9.36. The second kappa shape index (κ2) is 7.93. The van der Waals surface area contributed by atoms with E-state index in [4.69, 9.17) is 4.42 Å². The van der Waals surface area contributed by atoms with E-state index in [1.807, 2.05) is 12.1 Å². The number of aryl methyl sites for hydroxylation is 2. The van der Waals surface area contributed by atoms with E-state index in [1.54, 1.807) is 0 Å². The second-order valence-corrected chi connectivity index (χ2v) is 13.1. The van der Waals surface area contributed by atoms with Crippen molar-refractivity contribution < 1.29 is 8.98 Å². The van der Waals surface area contributed by atoms with Crippen LogP contribution in [0.25, 0.3) is 38.8 Å². The molecule has 0 spiro atoms. The van der Waals surface area contributed by atoms with Gasteiger partial charge in [0.15, 0.2) is 6.20 Å². The molecule has 2 aliphatic rings. The van der Waals surface area contributed by atoms with Gasteiger partial charge >= 0.3 is 0 Å². The number of hydrogen-bond acceptors (Lipinski definition) is 2. The van der Waals surface area contributed by atoms with Gasteiger partial charge in [0.25, 0.3) is 0 Å². The predicted molar refractivity (Wildman–Crippen MR) is 155 cm³/mol. The number of hydrogen-bond donors (Lipinski definition) is 0. The maximum Gasteiger partial charge on any atom is 0.216 e. The molecule has 2 heterocycles. The fourth-order valence-electron chi connectivity index (χ4n) is 7.35. The van der Waals surface area contributed by atoms with Crippen LogP contribution in [0.3, 0.4) is 0 Å². The van der Waals surface area contributed by atoms with Crippen molar-refractivity contribution in [2.24, 2.45) is 23.3 Å². The molecular formula is C35H37N2O+. The number of aromatic nitrogens is 1. The molecule has 0 N–H and O–H groups in total. The van der Waals surface area contributed by atoms with Crippen molar-refractivity contribution in [3.8, 4) is 17.3 Å². The van der Waals surface area contributed by atoms with E-state index in [2.05, 4.69) is 109 Å². The van der Waals surface area contributed by atoms with Gasteiger partial charge in [-0.1, -0.05) is 65.3 Å². The molecule has 0 fully saturated rings. The molecule has 38 heavy (non-hydrogen) atoms. The minimum absolute atomic E-state index is 0.102. The molecule has 192 valence electrons. The molecule has 0 bridgehead atoms. The SMILES string of the molecule is Cc1ccc2c(oc3c(C4=CC5=C(C(C)(C)CCC5(C)C)C4(C)C)c(C#N)ccc32)c1-c1cccc[n+]1C. The quantitative estimate of drug-likeness (QED) is 0.257. The number of furan rings is 1. The molecule has 4 aromatic rings. The van der Waals surface area contributed by atoms with Gasteiger partial charge in [0.05, 0.1) is 17.2 Å². The summed E-state index contributed by atoms with van der Waals surface area (Å²) in [5.74, 6) is 0. The van der Waals surface area contributed by atoms with Gasteiger partial charge in [-0.15, -0.1) is 0 Å². The zero-order chi connectivity index (χ0) is 27.2. The Hall–Kier alpha value is -3.64. The van der Waals surface area contributed by atoms with E-state index in [-0.39, 0.29) is 16.2 Å². The second-order valence-electron chi connectivity index (χ2n) is 13.1. The van der Waals surface area contributed by atoms with Crippen LogP contribution < -0.4 is 4.57 Å². The Kier molecular flexibility index (Phi) is 5.15. The lowest BCUT2D eigenvalue weighted by atomic mass is 9.58. The number of benzene rings is 2. The average molecular weight is 502 g/mol. The van der Waals surface area contributed by atoms with Crippen LogP contribution in [0.15, 0.2) is 70.3 Å². The fraction of sp³-hybridized carbons (Fsp3) is 0.371. The topological polar surface area (TPSA) is 40.8 Å². The summed E-state index contributed by atoms with van der Waals surface area (Å²) in [4.78, 5) is 0. The van der Waals surface area contributed by atoms with Gasteiger partial charge in [0.2, 0.25) is 5.69 Å². The summed E-state index contributed by atoms with van der Waals surface area (Å²) in [6.45, 7) is 16.3. The van der Waals surface area contributed by atoms with Gasteiger partial charge in [-0.2, -0.15) is 5.26 Å². The highest BCUT2D eigenvalue weighted by Gasteiger charge is 2.50. The maximum atomic E-state index is 10.3. The minimum atomic E-state index is -0.208. The van der Waals surface area contributed by atoms with Gasteiger partial charge in [0.1, 0.15) is 18.2 Å². The summed E-state index contributed by atoms with van der Waals surface area (Å²) in [6, 6.07) is 17.2. The van der Waals surface area contributed by atoms with Crippen LogP contribution in [0.4, 0.5) is 0 Å². The summed E-state index contributed by atoms with van der Waals surface area (Å²) in [5.41, 5.74) is 10.9. The predicted octanol–water partition coefficient (Wildman–Crippen LogP) is 8.82. The van der Waals surface area contributed by atoms with Crippen molar-refractivity contribution in [3.63, 3.8) is 0 Å². The number of nitrogens with zero attached hydrogens (tertiary/aromatic N) is 2. The molecule has 3 heteroatoms. The number of nitriles is 1. The van der Waals surface area contributed by atoms with E-state index in [0.717, 1.165) is 45.2 Å². The van der Waals surface area contributed by atoms with E-state index in [0.29, 0.717) is 5.56 Å². The molecule has 2 aromatic heterocycles. The van der Waals surface area contributed by atoms with Crippen molar-refractivity contribution in [1.29, 1.82) is 5.26 Å². The monoisotopic (exact) mass is 501 g/mol. The lowest BCUT2D eigenvalue weighted by molar-refractivity contribution is -0.660. The molecule has 0 radical (unpaired) electrons. The minimum Gasteiger partial charge on any atom is -0.454 e. The standard InChI is InChI=1S/C35H37N2O/c1-21-12-14-23-24-15-13-22(20-36)29(31(24)38-30(23)28(21)27-11-9-10-18-37(27)8)25-19-26-32(35(25,6)7)34(4,5)17-16-33(26,2)3/h9-15,18-19H,16-17H2,1-8H3/q+1. The van der Waals surface area contributed by atoms with Crippen molar-refractivity contribution >= 4 is 27.5 Å². The molecule has 0 saturated heterocycles. The lowest BCUT2D eigenvalue weighted by Crippen LogP contribution is -2.34. The van der Waals surface area contributed by atoms with E-state index >= 15 is 0 Å². The summed E-state index contributed by atoms with van der Waals surface area (Å²) in [7, 11) is 2.07. The van der Waals surface area contributed by atoms with Crippen LogP contribution in [0.2, 0.25) is 0 Å². The molecule has 0 aliphatic heterocycles. The maximum absolute atomic E-state index is 10.3. The number of fused-ring (bicyclic) bond motifs is 3. The molecule has 2 aliphatic carbocycles. The first-order valence-corrected chi connectivity index (χ1v) is 13.7. The molecule has 0 atom stereocenters. The van der Waals surface area contributed by atoms with Crippen molar-refractivity contribution in [1.82, 2.24) is 0 Å². The van der Waals surface area contributed by atoms with Crippen LogP contribution >= 0.6 is 0 Å². The van der Waals surface area contributed by atoms with Crippen molar-refractivity contribution in [2.75, 3.05) is 0 Å². The highest BCUT2D eigenvalue weighted by Crippen LogP contribution is 2.63. The van der Waals surface area contributed by atoms with Gasteiger partial charge in [-0.3, -0.25) is 0 Å². The zero-order valence-electron chi connectivity index (χ0n) is 23.9. The van der Waals surface area contributed by atoms with Crippen LogP contribution in [0, 0.1) is 34.5 Å². The first-order valence-electron chi connectivity index (χ1n) is 13.7. The van der Waals surface area contributed by atoms with Crippen molar-refractivity contribution in [2.45, 2.75) is 61.3 Å². The molecule has 0 unspecified atom stereocenters. The van der Waals surface area contributed by atoms with Gasteiger partial charge < -0.3 is 4.42 Å². The Bertz CT molecular complexity index is 1770. The third-order valence-corrected chi connectivity index (χ3v) is 9.36. The smallest absolute Gasteiger partial charge is 0.216 e. The summed E-state index contributed by atoms with van der Waals surface area (Å²) in [6.07, 6.45) is 6.80. The molecule has 2 aromatic carbocycles. The largest absolute Gasteiger partial charge is 0.454 e. The van der Waals surface area contributed by atoms with Crippen LogP contribution in [-0.2, 0) is 7.05 Å². The molecular weight excluding hydrogens is 464 g/mol. The van der Waals surface area contributed by atoms with E-state index < -0.39 is 0 Å².